The van der Waals surface area contributed by atoms with Crippen molar-refractivity contribution in [3.05, 3.63) is 18.2 Å². The maximum atomic E-state index is 10.4. The summed E-state index contributed by atoms with van der Waals surface area (Å²) >= 11 is 0. The number of hydrogen-bond acceptors (Lipinski definition) is 4. The topological polar surface area (TPSA) is 77.2 Å². The standard InChI is InChI=1S/C9H9N3O3/c1-12-9-6(10-11-12)3-2-4-7(9)15-5-8(13)14/h2-4H,5H2,1H3,(H,13,14). The summed E-state index contributed by atoms with van der Waals surface area (Å²) in [5, 5.41) is 16.2. The van der Waals surface area contributed by atoms with Crippen LogP contribution in [-0.2, 0) is 11.8 Å². The Labute approximate surface area is 85.1 Å². The van der Waals surface area contributed by atoms with E-state index in [1.54, 1.807) is 29.9 Å². The molecular formula is C9H9N3O3. The summed E-state index contributed by atoms with van der Waals surface area (Å²) in [5.41, 5.74) is 1.37. The van der Waals surface area contributed by atoms with Crippen molar-refractivity contribution in [3.8, 4) is 5.75 Å². The van der Waals surface area contributed by atoms with Gasteiger partial charge in [0.25, 0.3) is 0 Å². The highest BCUT2D eigenvalue weighted by Crippen LogP contribution is 2.22. The van der Waals surface area contributed by atoms with Crippen LogP contribution in [0.15, 0.2) is 18.2 Å². The monoisotopic (exact) mass is 207 g/mol. The molecule has 1 aromatic carbocycles. The molecule has 0 aliphatic carbocycles. The minimum absolute atomic E-state index is 0.371. The zero-order chi connectivity index (χ0) is 10.8. The van der Waals surface area contributed by atoms with Gasteiger partial charge in [0.15, 0.2) is 6.61 Å². The molecule has 0 aliphatic heterocycles. The SMILES string of the molecule is Cn1nnc2cccc(OCC(=O)O)c21. The fourth-order valence-corrected chi connectivity index (χ4v) is 1.33. The molecule has 1 N–H and O–H groups in total. The van der Waals surface area contributed by atoms with Crippen molar-refractivity contribution < 1.29 is 14.6 Å². The number of para-hydroxylation sites is 1. The van der Waals surface area contributed by atoms with Gasteiger partial charge in [-0.05, 0) is 12.1 Å². The van der Waals surface area contributed by atoms with Gasteiger partial charge >= 0.3 is 5.97 Å². The van der Waals surface area contributed by atoms with Gasteiger partial charge in [0.05, 0.1) is 0 Å². The van der Waals surface area contributed by atoms with Crippen molar-refractivity contribution in [1.82, 2.24) is 15.0 Å². The van der Waals surface area contributed by atoms with Crippen molar-refractivity contribution in [1.29, 1.82) is 0 Å². The molecule has 6 nitrogen and oxygen atoms in total. The Kier molecular flexibility index (Phi) is 2.24. The Morgan fingerprint density at radius 3 is 3.13 bits per heavy atom. The van der Waals surface area contributed by atoms with E-state index in [0.717, 1.165) is 0 Å². The normalized spacial score (nSPS) is 10.5. The summed E-state index contributed by atoms with van der Waals surface area (Å²) in [7, 11) is 1.73. The number of rotatable bonds is 3. The van der Waals surface area contributed by atoms with Crippen molar-refractivity contribution in [2.75, 3.05) is 6.61 Å². The first-order chi connectivity index (χ1) is 7.18. The number of aromatic nitrogens is 3. The maximum absolute atomic E-state index is 10.4. The van der Waals surface area contributed by atoms with Crippen LogP contribution in [0.5, 0.6) is 5.75 Å². The predicted octanol–water partition coefficient (Wildman–Crippen LogP) is 0.432. The van der Waals surface area contributed by atoms with Gasteiger partial charge in [-0.25, -0.2) is 9.48 Å². The molecule has 0 spiro atoms. The van der Waals surface area contributed by atoms with E-state index < -0.39 is 5.97 Å². The molecule has 0 atom stereocenters. The molecule has 0 aliphatic rings. The van der Waals surface area contributed by atoms with Crippen LogP contribution in [0.2, 0.25) is 0 Å². The molecule has 2 aromatic rings. The van der Waals surface area contributed by atoms with Gasteiger partial charge < -0.3 is 9.84 Å². The summed E-state index contributed by atoms with van der Waals surface area (Å²) in [4.78, 5) is 10.4. The molecule has 1 aromatic heterocycles. The number of fused-ring (bicyclic) bond motifs is 1. The Morgan fingerprint density at radius 1 is 1.60 bits per heavy atom. The molecule has 6 heteroatoms. The molecular weight excluding hydrogens is 198 g/mol. The van der Waals surface area contributed by atoms with Crippen LogP contribution in [0, 0.1) is 0 Å². The molecule has 0 bridgehead atoms. The number of ether oxygens (including phenoxy) is 1. The van der Waals surface area contributed by atoms with E-state index in [0.29, 0.717) is 16.8 Å². The number of aliphatic carboxylic acids is 1. The Morgan fingerprint density at radius 2 is 2.40 bits per heavy atom. The summed E-state index contributed by atoms with van der Waals surface area (Å²) in [5.74, 6) is -0.537. The average molecular weight is 207 g/mol. The Hall–Kier alpha value is -2.11. The third-order valence-electron chi connectivity index (χ3n) is 1.94. The Bertz CT molecular complexity index is 506. The summed E-state index contributed by atoms with van der Waals surface area (Å²) < 4.78 is 6.67. The molecule has 0 saturated carbocycles. The van der Waals surface area contributed by atoms with Crippen molar-refractivity contribution in [3.63, 3.8) is 0 Å². The number of carboxylic acid groups (broad SMARTS) is 1. The van der Waals surface area contributed by atoms with E-state index in [1.807, 2.05) is 0 Å². The van der Waals surface area contributed by atoms with Gasteiger partial charge in [-0.3, -0.25) is 0 Å². The van der Waals surface area contributed by atoms with Crippen molar-refractivity contribution >= 4 is 17.0 Å². The van der Waals surface area contributed by atoms with E-state index in [9.17, 15) is 4.79 Å². The van der Waals surface area contributed by atoms with Gasteiger partial charge in [-0.2, -0.15) is 0 Å². The number of carboxylic acids is 1. The third kappa shape index (κ3) is 1.74. The predicted molar refractivity (Wildman–Crippen MR) is 51.6 cm³/mol. The van der Waals surface area contributed by atoms with Crippen LogP contribution in [0.3, 0.4) is 0 Å². The van der Waals surface area contributed by atoms with E-state index in [2.05, 4.69) is 10.3 Å². The Balaban J connectivity index is 2.41. The van der Waals surface area contributed by atoms with Crippen LogP contribution in [0.4, 0.5) is 0 Å². The average Bonchev–Trinajstić information content (AvgIpc) is 2.58. The van der Waals surface area contributed by atoms with E-state index in [1.165, 1.54) is 0 Å². The second-order valence-corrected chi connectivity index (χ2v) is 3.02. The number of hydrogen-bond donors (Lipinski definition) is 1. The first-order valence-corrected chi connectivity index (χ1v) is 4.31. The van der Waals surface area contributed by atoms with Crippen molar-refractivity contribution in [2.45, 2.75) is 0 Å². The lowest BCUT2D eigenvalue weighted by Gasteiger charge is -2.04. The molecule has 2 rings (SSSR count). The number of carbonyl (C=O) groups is 1. The van der Waals surface area contributed by atoms with E-state index in [4.69, 9.17) is 9.84 Å². The maximum Gasteiger partial charge on any atom is 0.341 e. The molecule has 0 unspecified atom stereocenters. The molecule has 15 heavy (non-hydrogen) atoms. The van der Waals surface area contributed by atoms with Crippen LogP contribution in [0.25, 0.3) is 11.0 Å². The van der Waals surface area contributed by atoms with Gasteiger partial charge in [0, 0.05) is 7.05 Å². The molecule has 0 radical (unpaired) electrons. The highest BCUT2D eigenvalue weighted by atomic mass is 16.5. The zero-order valence-corrected chi connectivity index (χ0v) is 8.04. The molecule has 78 valence electrons. The lowest BCUT2D eigenvalue weighted by Crippen LogP contribution is -2.10. The minimum atomic E-state index is -1.01. The first kappa shape index (κ1) is 9.45. The van der Waals surface area contributed by atoms with E-state index in [-0.39, 0.29) is 6.61 Å². The fraction of sp³-hybridized carbons (Fsp3) is 0.222. The lowest BCUT2D eigenvalue weighted by atomic mass is 10.3. The zero-order valence-electron chi connectivity index (χ0n) is 8.04. The molecule has 0 saturated heterocycles. The molecule has 1 heterocycles. The highest BCUT2D eigenvalue weighted by Gasteiger charge is 2.08. The number of aryl methyl sites for hydroxylation is 1. The quantitative estimate of drug-likeness (QED) is 0.789. The van der Waals surface area contributed by atoms with E-state index >= 15 is 0 Å². The van der Waals surface area contributed by atoms with Crippen LogP contribution in [-0.4, -0.2) is 32.7 Å². The van der Waals surface area contributed by atoms with Crippen LogP contribution >= 0.6 is 0 Å². The summed E-state index contributed by atoms with van der Waals surface area (Å²) in [6.07, 6.45) is 0. The summed E-state index contributed by atoms with van der Waals surface area (Å²) in [6, 6.07) is 5.22. The van der Waals surface area contributed by atoms with Gasteiger partial charge in [0.1, 0.15) is 16.8 Å². The molecule has 0 amide bonds. The van der Waals surface area contributed by atoms with Gasteiger partial charge in [0.2, 0.25) is 0 Å². The van der Waals surface area contributed by atoms with Crippen LogP contribution < -0.4 is 4.74 Å². The van der Waals surface area contributed by atoms with Gasteiger partial charge in [-0.15, -0.1) is 5.10 Å². The number of nitrogens with zero attached hydrogens (tertiary/aromatic N) is 3. The third-order valence-corrected chi connectivity index (χ3v) is 1.94. The molecule has 0 fully saturated rings. The highest BCUT2D eigenvalue weighted by molar-refractivity contribution is 5.81. The van der Waals surface area contributed by atoms with Crippen LogP contribution in [0.1, 0.15) is 0 Å². The lowest BCUT2D eigenvalue weighted by molar-refractivity contribution is -0.139. The number of benzene rings is 1. The minimum Gasteiger partial charge on any atom is -0.480 e. The second kappa shape index (κ2) is 3.56. The smallest absolute Gasteiger partial charge is 0.341 e. The fourth-order valence-electron chi connectivity index (χ4n) is 1.33. The van der Waals surface area contributed by atoms with Crippen molar-refractivity contribution in [2.24, 2.45) is 7.05 Å². The van der Waals surface area contributed by atoms with Gasteiger partial charge in [-0.1, -0.05) is 11.3 Å². The largest absolute Gasteiger partial charge is 0.480 e. The second-order valence-electron chi connectivity index (χ2n) is 3.02. The summed E-state index contributed by atoms with van der Waals surface area (Å²) in [6.45, 7) is -0.371. The first-order valence-electron chi connectivity index (χ1n) is 4.31.